The lowest BCUT2D eigenvalue weighted by Gasteiger charge is -2.17. The molecule has 2 unspecified atom stereocenters. The number of hydrogen-bond donors (Lipinski definition) is 2. The zero-order valence-corrected chi connectivity index (χ0v) is 22.2. The van der Waals surface area contributed by atoms with Gasteiger partial charge in [0.15, 0.2) is 0 Å². The van der Waals surface area contributed by atoms with Crippen LogP contribution in [0.4, 0.5) is 0 Å². The average Bonchev–Trinajstić information content (AvgIpc) is 2.84. The zero-order valence-electron chi connectivity index (χ0n) is 21.3. The molecule has 0 amide bonds. The molecule has 196 valence electrons. The molecule has 1 aromatic carbocycles. The summed E-state index contributed by atoms with van der Waals surface area (Å²) in [4.78, 5) is 20.6. The van der Waals surface area contributed by atoms with Gasteiger partial charge in [-0.15, -0.1) is 0 Å². The van der Waals surface area contributed by atoms with Crippen molar-refractivity contribution in [2.45, 2.75) is 90.1 Å². The summed E-state index contributed by atoms with van der Waals surface area (Å²) in [6.45, 7) is 4.67. The highest BCUT2D eigenvalue weighted by Crippen LogP contribution is 2.32. The number of carbonyl (C=O) groups is 1. The maximum Gasteiger partial charge on any atom is 0.330 e. The smallest absolute Gasteiger partial charge is 0.330 e. The van der Waals surface area contributed by atoms with Crippen LogP contribution in [0, 0.1) is 0 Å². The second kappa shape index (κ2) is 22.2. The van der Waals surface area contributed by atoms with Gasteiger partial charge in [-0.3, -0.25) is 4.79 Å². The average molecular weight is 501 g/mol. The first-order chi connectivity index (χ1) is 16.7. The SMILES string of the molecule is CCCCCCCCCCCCOc1cccc(CCC(COP(O)OCC[NH2+]C)OC=O)c1. The standard InChI is InChI=1S/C26H46NO6P/c1-3-4-5-6-7-8-9-10-11-12-19-30-25-15-13-14-24(21-25)16-17-26(31-23-28)22-33-34(29)32-20-18-27-2/h13-15,21,23,26-27,29H,3-12,16-20,22H2,1-2H3/p+1. The molecule has 34 heavy (non-hydrogen) atoms. The lowest BCUT2D eigenvalue weighted by atomic mass is 10.1. The van der Waals surface area contributed by atoms with Crippen LogP contribution in [0.3, 0.4) is 0 Å². The number of likely N-dealkylation sites (N-methyl/N-ethyl adjacent to an activating group) is 1. The molecule has 7 nitrogen and oxygen atoms in total. The third-order valence-corrected chi connectivity index (χ3v) is 6.42. The fraction of sp³-hybridized carbons (Fsp3) is 0.731. The number of nitrogens with two attached hydrogens (primary N) is 1. The maximum absolute atomic E-state index is 10.8. The Morgan fingerprint density at radius 2 is 1.71 bits per heavy atom. The van der Waals surface area contributed by atoms with Crippen LogP contribution in [-0.4, -0.2) is 50.9 Å². The molecule has 0 aliphatic rings. The minimum atomic E-state index is -1.96. The van der Waals surface area contributed by atoms with Crippen LogP contribution >= 0.6 is 8.60 Å². The number of unbranched alkanes of at least 4 members (excludes halogenated alkanes) is 9. The van der Waals surface area contributed by atoms with E-state index in [0.29, 0.717) is 25.9 Å². The Hall–Kier alpha value is -1.24. The molecule has 0 spiro atoms. The third kappa shape index (κ3) is 17.2. The van der Waals surface area contributed by atoms with E-state index in [9.17, 15) is 9.69 Å². The van der Waals surface area contributed by atoms with Crippen LogP contribution in [0.25, 0.3) is 0 Å². The molecule has 0 bridgehead atoms. The summed E-state index contributed by atoms with van der Waals surface area (Å²) in [5.41, 5.74) is 1.11. The fourth-order valence-electron chi connectivity index (χ4n) is 3.60. The first kappa shape index (κ1) is 30.8. The van der Waals surface area contributed by atoms with Crippen molar-refractivity contribution >= 4 is 15.1 Å². The van der Waals surface area contributed by atoms with E-state index < -0.39 is 14.7 Å². The summed E-state index contributed by atoms with van der Waals surface area (Å²) in [7, 11) is -0.0326. The summed E-state index contributed by atoms with van der Waals surface area (Å²) in [6, 6.07) is 8.04. The largest absolute Gasteiger partial charge is 0.494 e. The molecular formula is C26H47NO6P+. The topological polar surface area (TPSA) is 90.8 Å². The molecule has 0 saturated heterocycles. The van der Waals surface area contributed by atoms with Crippen LogP contribution in [-0.2, 0) is 25.0 Å². The normalized spacial score (nSPS) is 12.9. The number of carbonyl (C=O) groups excluding carboxylic acids is 1. The molecule has 0 saturated carbocycles. The van der Waals surface area contributed by atoms with Gasteiger partial charge in [-0.1, -0.05) is 76.8 Å². The van der Waals surface area contributed by atoms with Gasteiger partial charge in [0, 0.05) is 0 Å². The molecule has 8 heteroatoms. The van der Waals surface area contributed by atoms with Crippen molar-refractivity contribution in [2.75, 3.05) is 33.4 Å². The van der Waals surface area contributed by atoms with E-state index in [0.717, 1.165) is 30.9 Å². The predicted molar refractivity (Wildman–Crippen MR) is 137 cm³/mol. The van der Waals surface area contributed by atoms with Gasteiger partial charge < -0.3 is 28.7 Å². The van der Waals surface area contributed by atoms with Gasteiger partial charge in [0.25, 0.3) is 6.47 Å². The van der Waals surface area contributed by atoms with Crippen LogP contribution in [0.15, 0.2) is 24.3 Å². The molecule has 0 aromatic heterocycles. The molecule has 3 N–H and O–H groups in total. The fourth-order valence-corrected chi connectivity index (χ4v) is 4.23. The maximum atomic E-state index is 10.8. The lowest BCUT2D eigenvalue weighted by molar-refractivity contribution is -0.627. The number of ether oxygens (including phenoxy) is 2. The van der Waals surface area contributed by atoms with Crippen LogP contribution in [0.5, 0.6) is 5.75 Å². The number of rotatable bonds is 24. The van der Waals surface area contributed by atoms with Crippen LogP contribution in [0.1, 0.15) is 83.1 Å². The Balaban J connectivity index is 2.21. The Labute approximate surface area is 207 Å². The van der Waals surface area contributed by atoms with Crippen molar-refractivity contribution in [3.05, 3.63) is 29.8 Å². The third-order valence-electron chi connectivity index (χ3n) is 5.65. The van der Waals surface area contributed by atoms with Gasteiger partial charge in [-0.2, -0.15) is 0 Å². The molecule has 1 rings (SSSR count). The van der Waals surface area contributed by atoms with E-state index in [2.05, 4.69) is 6.92 Å². The first-order valence-corrected chi connectivity index (χ1v) is 14.2. The Morgan fingerprint density at radius 1 is 1.00 bits per heavy atom. The minimum absolute atomic E-state index is 0.103. The molecule has 0 aliphatic carbocycles. The van der Waals surface area contributed by atoms with Gasteiger partial charge in [-0.05, 0) is 37.0 Å². The Morgan fingerprint density at radius 3 is 2.38 bits per heavy atom. The molecule has 0 fully saturated rings. The molecular weight excluding hydrogens is 453 g/mol. The highest BCUT2D eigenvalue weighted by molar-refractivity contribution is 7.40. The summed E-state index contributed by atoms with van der Waals surface area (Å²) < 4.78 is 21.6. The van der Waals surface area contributed by atoms with E-state index in [4.69, 9.17) is 18.5 Å². The molecule has 0 aliphatic heterocycles. The molecule has 0 radical (unpaired) electrons. The van der Waals surface area contributed by atoms with Gasteiger partial charge in [-0.25, -0.2) is 0 Å². The van der Waals surface area contributed by atoms with E-state index in [1.54, 1.807) is 0 Å². The van der Waals surface area contributed by atoms with Gasteiger partial charge in [0.2, 0.25) is 0 Å². The quantitative estimate of drug-likeness (QED) is 0.119. The van der Waals surface area contributed by atoms with Crippen molar-refractivity contribution in [1.29, 1.82) is 0 Å². The van der Waals surface area contributed by atoms with Gasteiger partial charge in [0.05, 0.1) is 26.8 Å². The number of hydrogen-bond acceptors (Lipinski definition) is 6. The van der Waals surface area contributed by atoms with Crippen molar-refractivity contribution in [3.63, 3.8) is 0 Å². The summed E-state index contributed by atoms with van der Waals surface area (Å²) in [5.74, 6) is 0.873. The summed E-state index contributed by atoms with van der Waals surface area (Å²) in [5, 5.41) is 1.95. The van der Waals surface area contributed by atoms with Gasteiger partial charge in [0.1, 0.15) is 18.5 Å². The zero-order chi connectivity index (χ0) is 24.7. The highest BCUT2D eigenvalue weighted by Gasteiger charge is 2.15. The van der Waals surface area contributed by atoms with Crippen molar-refractivity contribution in [2.24, 2.45) is 0 Å². The minimum Gasteiger partial charge on any atom is -0.494 e. The van der Waals surface area contributed by atoms with E-state index in [1.807, 2.05) is 36.6 Å². The van der Waals surface area contributed by atoms with Gasteiger partial charge >= 0.3 is 8.60 Å². The summed E-state index contributed by atoms with van der Waals surface area (Å²) >= 11 is 0. The lowest BCUT2D eigenvalue weighted by Crippen LogP contribution is -2.80. The Kier molecular flexibility index (Phi) is 20.1. The van der Waals surface area contributed by atoms with E-state index in [1.165, 1.54) is 57.8 Å². The number of benzene rings is 1. The second-order valence-electron chi connectivity index (χ2n) is 8.63. The molecule has 2 atom stereocenters. The Bertz CT molecular complexity index is 606. The van der Waals surface area contributed by atoms with E-state index >= 15 is 0 Å². The van der Waals surface area contributed by atoms with E-state index in [-0.39, 0.29) is 6.61 Å². The second-order valence-corrected chi connectivity index (χ2v) is 9.63. The van der Waals surface area contributed by atoms with Crippen LogP contribution in [0.2, 0.25) is 0 Å². The molecule has 1 aromatic rings. The first-order valence-electron chi connectivity index (χ1n) is 13.0. The summed E-state index contributed by atoms with van der Waals surface area (Å²) in [6.07, 6.45) is 14.0. The molecule has 0 heterocycles. The van der Waals surface area contributed by atoms with Crippen LogP contribution < -0.4 is 10.1 Å². The van der Waals surface area contributed by atoms with Crippen molar-refractivity contribution < 1.29 is 33.5 Å². The van der Waals surface area contributed by atoms with Crippen molar-refractivity contribution in [1.82, 2.24) is 0 Å². The monoisotopic (exact) mass is 500 g/mol. The number of quaternary nitrogens is 1. The van der Waals surface area contributed by atoms with Crippen molar-refractivity contribution in [3.8, 4) is 5.75 Å². The predicted octanol–water partition coefficient (Wildman–Crippen LogP) is 4.91. The highest BCUT2D eigenvalue weighted by atomic mass is 31.2. The number of aryl methyl sites for hydroxylation is 1.